The summed E-state index contributed by atoms with van der Waals surface area (Å²) < 4.78 is 5.96. The minimum absolute atomic E-state index is 0.0493. The molecule has 0 aliphatic carbocycles. The van der Waals surface area contributed by atoms with Crippen molar-refractivity contribution in [3.05, 3.63) is 59.6 Å². The van der Waals surface area contributed by atoms with Crippen LogP contribution in [0.25, 0.3) is 11.5 Å². The van der Waals surface area contributed by atoms with Crippen molar-refractivity contribution in [2.45, 2.75) is 63.2 Å². The van der Waals surface area contributed by atoms with Gasteiger partial charge in [0.2, 0.25) is 11.8 Å². The molecule has 0 spiro atoms. The number of nitrogens with zero attached hydrogens (tertiary/aromatic N) is 3. The lowest BCUT2D eigenvalue weighted by Gasteiger charge is -2.25. The largest absolute Gasteiger partial charge is 0.420 e. The lowest BCUT2D eigenvalue weighted by atomic mass is 9.79. The first-order chi connectivity index (χ1) is 12.6. The minimum Gasteiger partial charge on any atom is -0.420 e. The van der Waals surface area contributed by atoms with Gasteiger partial charge in [0, 0.05) is 11.8 Å². The van der Waals surface area contributed by atoms with Gasteiger partial charge in [0.25, 0.3) is 0 Å². The van der Waals surface area contributed by atoms with Gasteiger partial charge < -0.3 is 4.42 Å². The summed E-state index contributed by atoms with van der Waals surface area (Å²) in [6, 6.07) is 12.5. The van der Waals surface area contributed by atoms with Crippen LogP contribution in [0.5, 0.6) is 0 Å². The summed E-state index contributed by atoms with van der Waals surface area (Å²) in [6.45, 7) is 13.3. The highest BCUT2D eigenvalue weighted by molar-refractivity contribution is 7.98. The number of aromatic nitrogens is 3. The molecule has 0 radical (unpaired) electrons. The predicted molar refractivity (Wildman–Crippen MR) is 111 cm³/mol. The second-order valence-electron chi connectivity index (χ2n) is 8.76. The summed E-state index contributed by atoms with van der Waals surface area (Å²) in [4.78, 5) is 4.31. The fraction of sp³-hybridized carbons (Fsp3) is 0.409. The Labute approximate surface area is 165 Å². The zero-order valence-corrected chi connectivity index (χ0v) is 17.7. The number of thioether (sulfide) groups is 1. The third-order valence-electron chi connectivity index (χ3n) is 4.36. The Balaban J connectivity index is 1.88. The van der Waals surface area contributed by atoms with E-state index in [1.807, 2.05) is 18.2 Å². The van der Waals surface area contributed by atoms with E-state index >= 15 is 0 Å². The Morgan fingerprint density at radius 1 is 0.889 bits per heavy atom. The Morgan fingerprint density at radius 3 is 2.11 bits per heavy atom. The topological polar surface area (TPSA) is 51.8 Å². The first-order valence-electron chi connectivity index (χ1n) is 9.15. The maximum Gasteiger partial charge on any atom is 0.247 e. The predicted octanol–water partition coefficient (Wildman–Crippen LogP) is 6.02. The lowest BCUT2D eigenvalue weighted by molar-refractivity contribution is 0.527. The molecular formula is C22H27N3OS. The molecule has 0 bridgehead atoms. The van der Waals surface area contributed by atoms with Crippen LogP contribution in [0.1, 0.15) is 58.6 Å². The van der Waals surface area contributed by atoms with Crippen molar-refractivity contribution in [2.75, 3.05) is 0 Å². The van der Waals surface area contributed by atoms with E-state index in [4.69, 9.17) is 4.42 Å². The monoisotopic (exact) mass is 381 g/mol. The van der Waals surface area contributed by atoms with Crippen molar-refractivity contribution in [3.8, 4) is 11.5 Å². The number of hydrogen-bond donors (Lipinski definition) is 0. The second-order valence-corrected chi connectivity index (χ2v) is 9.75. The fourth-order valence-electron chi connectivity index (χ4n) is 2.61. The van der Waals surface area contributed by atoms with E-state index in [-0.39, 0.29) is 10.8 Å². The summed E-state index contributed by atoms with van der Waals surface area (Å²) in [6.07, 6.45) is 1.79. The molecule has 2 heterocycles. The second kappa shape index (κ2) is 7.47. The molecule has 0 amide bonds. The molecule has 0 aliphatic rings. The molecule has 5 heteroatoms. The Hall–Kier alpha value is -2.14. The third kappa shape index (κ3) is 4.98. The van der Waals surface area contributed by atoms with Gasteiger partial charge in [-0.15, -0.1) is 10.2 Å². The van der Waals surface area contributed by atoms with Gasteiger partial charge >= 0.3 is 0 Å². The normalized spacial score (nSPS) is 12.4. The van der Waals surface area contributed by atoms with Crippen LogP contribution in [0.4, 0.5) is 0 Å². The SMILES string of the molecule is CC(C)(C)c1cc(-c2nnc(CSc3ccccn3)o2)cc(C(C)(C)C)c1. The van der Waals surface area contributed by atoms with Crippen LogP contribution in [0.2, 0.25) is 0 Å². The zero-order valence-electron chi connectivity index (χ0n) is 16.9. The molecule has 3 rings (SSSR count). The summed E-state index contributed by atoms with van der Waals surface area (Å²) >= 11 is 1.59. The fourth-order valence-corrected chi connectivity index (χ4v) is 3.31. The summed E-state index contributed by atoms with van der Waals surface area (Å²) in [5.41, 5.74) is 3.62. The van der Waals surface area contributed by atoms with Crippen molar-refractivity contribution < 1.29 is 4.42 Å². The molecule has 0 aliphatic heterocycles. The minimum atomic E-state index is 0.0493. The first kappa shape index (κ1) is 19.6. The van der Waals surface area contributed by atoms with Gasteiger partial charge in [0.15, 0.2) is 0 Å². The quantitative estimate of drug-likeness (QED) is 0.517. The molecular weight excluding hydrogens is 354 g/mol. The van der Waals surface area contributed by atoms with Gasteiger partial charge in [-0.1, -0.05) is 65.4 Å². The van der Waals surface area contributed by atoms with Crippen LogP contribution in [-0.2, 0) is 16.6 Å². The van der Waals surface area contributed by atoms with E-state index in [1.165, 1.54) is 11.1 Å². The van der Waals surface area contributed by atoms with E-state index < -0.39 is 0 Å². The molecule has 2 aromatic heterocycles. The first-order valence-corrected chi connectivity index (χ1v) is 10.1. The zero-order chi connectivity index (χ0) is 19.7. The average Bonchev–Trinajstić information content (AvgIpc) is 3.08. The summed E-state index contributed by atoms with van der Waals surface area (Å²) in [5.74, 6) is 1.79. The Bertz CT molecular complexity index is 873. The molecule has 0 N–H and O–H groups in total. The maximum absolute atomic E-state index is 5.96. The van der Waals surface area contributed by atoms with Crippen LogP contribution >= 0.6 is 11.8 Å². The van der Waals surface area contributed by atoms with E-state index in [2.05, 4.69) is 74.9 Å². The molecule has 142 valence electrons. The van der Waals surface area contributed by atoms with Crippen molar-refractivity contribution >= 4 is 11.8 Å². The van der Waals surface area contributed by atoms with Crippen molar-refractivity contribution in [1.82, 2.24) is 15.2 Å². The number of hydrogen-bond acceptors (Lipinski definition) is 5. The van der Waals surface area contributed by atoms with Gasteiger partial charge in [0.1, 0.15) is 0 Å². The maximum atomic E-state index is 5.96. The number of benzene rings is 1. The highest BCUT2D eigenvalue weighted by Gasteiger charge is 2.22. The molecule has 1 aromatic carbocycles. The Morgan fingerprint density at radius 2 is 1.56 bits per heavy atom. The van der Waals surface area contributed by atoms with Gasteiger partial charge in [-0.3, -0.25) is 0 Å². The summed E-state index contributed by atoms with van der Waals surface area (Å²) in [7, 11) is 0. The number of rotatable bonds is 4. The Kier molecular flexibility index (Phi) is 5.43. The van der Waals surface area contributed by atoms with E-state index in [9.17, 15) is 0 Å². The van der Waals surface area contributed by atoms with Gasteiger partial charge in [-0.2, -0.15) is 0 Å². The standard InChI is InChI=1S/C22H27N3OS/c1-21(2,3)16-11-15(12-17(13-16)22(4,5)6)20-25-24-18(26-20)14-27-19-9-7-8-10-23-19/h7-13H,14H2,1-6H3. The smallest absolute Gasteiger partial charge is 0.247 e. The highest BCUT2D eigenvalue weighted by Crippen LogP contribution is 2.33. The van der Waals surface area contributed by atoms with Gasteiger partial charge in [0.05, 0.1) is 10.8 Å². The van der Waals surface area contributed by atoms with E-state index in [0.29, 0.717) is 17.5 Å². The van der Waals surface area contributed by atoms with Crippen LogP contribution in [0.3, 0.4) is 0 Å². The third-order valence-corrected chi connectivity index (χ3v) is 5.29. The van der Waals surface area contributed by atoms with Crippen molar-refractivity contribution in [2.24, 2.45) is 0 Å². The van der Waals surface area contributed by atoms with Crippen LogP contribution in [0.15, 0.2) is 52.0 Å². The molecule has 27 heavy (non-hydrogen) atoms. The van der Waals surface area contributed by atoms with Gasteiger partial charge in [-0.25, -0.2) is 4.98 Å². The van der Waals surface area contributed by atoms with Crippen LogP contribution in [0, 0.1) is 0 Å². The van der Waals surface area contributed by atoms with Crippen molar-refractivity contribution in [3.63, 3.8) is 0 Å². The molecule has 0 unspecified atom stereocenters. The van der Waals surface area contributed by atoms with E-state index in [1.54, 1.807) is 18.0 Å². The van der Waals surface area contributed by atoms with Crippen LogP contribution < -0.4 is 0 Å². The molecule has 0 atom stereocenters. The molecule has 4 nitrogen and oxygen atoms in total. The highest BCUT2D eigenvalue weighted by atomic mass is 32.2. The van der Waals surface area contributed by atoms with E-state index in [0.717, 1.165) is 10.6 Å². The average molecular weight is 382 g/mol. The van der Waals surface area contributed by atoms with Crippen molar-refractivity contribution in [1.29, 1.82) is 0 Å². The lowest BCUT2D eigenvalue weighted by Crippen LogP contribution is -2.16. The molecule has 0 saturated heterocycles. The number of pyridine rings is 1. The molecule has 0 saturated carbocycles. The van der Waals surface area contributed by atoms with Crippen LogP contribution in [-0.4, -0.2) is 15.2 Å². The summed E-state index contributed by atoms with van der Waals surface area (Å²) in [5, 5.41) is 9.47. The molecule has 3 aromatic rings. The van der Waals surface area contributed by atoms with Gasteiger partial charge in [-0.05, 0) is 46.2 Å². The molecule has 0 fully saturated rings.